The van der Waals surface area contributed by atoms with E-state index in [2.05, 4.69) is 17.1 Å². The maximum Gasteiger partial charge on any atom is 0.240 e. The second-order valence-electron chi connectivity index (χ2n) is 3.60. The smallest absolute Gasteiger partial charge is 0.240 e. The Hall–Kier alpha value is -1.58. The Morgan fingerprint density at radius 3 is 2.93 bits per heavy atom. The van der Waals surface area contributed by atoms with Crippen molar-refractivity contribution in [1.29, 1.82) is 0 Å². The van der Waals surface area contributed by atoms with Gasteiger partial charge in [-0.1, -0.05) is 25.4 Å². The van der Waals surface area contributed by atoms with Crippen molar-refractivity contribution in [3.63, 3.8) is 0 Å². The van der Waals surface area contributed by atoms with Crippen LogP contribution in [-0.4, -0.2) is 10.1 Å². The molecule has 0 unspecified atom stereocenters. The van der Waals surface area contributed by atoms with E-state index in [1.54, 1.807) is 6.07 Å². The van der Waals surface area contributed by atoms with E-state index in [0.717, 1.165) is 24.2 Å². The summed E-state index contributed by atoms with van der Waals surface area (Å²) in [5.41, 5.74) is 2.15. The predicted molar refractivity (Wildman–Crippen MR) is 58.0 cm³/mol. The molecule has 4 nitrogen and oxygen atoms in total. The van der Waals surface area contributed by atoms with Crippen LogP contribution >= 0.6 is 0 Å². The minimum Gasteiger partial charge on any atom is -0.337 e. The lowest BCUT2D eigenvalue weighted by molar-refractivity contribution is 0.439. The first kappa shape index (κ1) is 9.96. The van der Waals surface area contributed by atoms with Gasteiger partial charge in [-0.2, -0.15) is 0 Å². The molecule has 0 saturated heterocycles. The molecule has 4 heteroatoms. The maximum atomic E-state index is 11.8. The molecule has 0 aliphatic rings. The molecule has 0 aliphatic carbocycles. The minimum atomic E-state index is 0.00491. The molecule has 2 rings (SSSR count). The molecule has 0 saturated carbocycles. The lowest BCUT2D eigenvalue weighted by atomic mass is 10.2. The monoisotopic (exact) mass is 206 g/mol. The molecule has 0 amide bonds. The van der Waals surface area contributed by atoms with Gasteiger partial charge in [-0.15, -0.1) is 0 Å². The van der Waals surface area contributed by atoms with Gasteiger partial charge in [0.2, 0.25) is 5.71 Å². The number of pyridine rings is 1. The van der Waals surface area contributed by atoms with E-state index in [4.69, 9.17) is 4.52 Å². The van der Waals surface area contributed by atoms with E-state index < -0.39 is 0 Å². The lowest BCUT2D eigenvalue weighted by Crippen LogP contribution is -2.05. The van der Waals surface area contributed by atoms with E-state index in [1.165, 1.54) is 0 Å². The highest BCUT2D eigenvalue weighted by Crippen LogP contribution is 2.13. The van der Waals surface area contributed by atoms with E-state index >= 15 is 0 Å². The molecule has 2 aromatic rings. The van der Waals surface area contributed by atoms with E-state index in [0.29, 0.717) is 17.5 Å². The number of aromatic amines is 1. The third kappa shape index (κ3) is 1.67. The fraction of sp³-hybridized carbons (Fsp3) is 0.455. The summed E-state index contributed by atoms with van der Waals surface area (Å²) in [5, 5.41) is 4.46. The van der Waals surface area contributed by atoms with Gasteiger partial charge >= 0.3 is 0 Å². The average Bonchev–Trinajstić information content (AvgIpc) is 2.61. The zero-order valence-corrected chi connectivity index (χ0v) is 8.96. The van der Waals surface area contributed by atoms with Gasteiger partial charge in [-0.05, 0) is 12.8 Å². The number of fused-ring (bicyclic) bond motifs is 1. The summed E-state index contributed by atoms with van der Waals surface area (Å²) >= 11 is 0. The van der Waals surface area contributed by atoms with E-state index in [-0.39, 0.29) is 5.43 Å². The lowest BCUT2D eigenvalue weighted by Gasteiger charge is -1.97. The zero-order valence-electron chi connectivity index (χ0n) is 8.96. The molecule has 0 fully saturated rings. The SMILES string of the molecule is CCCc1cc(=O)c2c(CC)noc2[nH]1. The second kappa shape index (κ2) is 3.88. The highest BCUT2D eigenvalue weighted by Gasteiger charge is 2.11. The summed E-state index contributed by atoms with van der Waals surface area (Å²) in [5.74, 6) is 0. The van der Waals surface area contributed by atoms with Crippen LogP contribution < -0.4 is 5.43 Å². The second-order valence-corrected chi connectivity index (χ2v) is 3.60. The quantitative estimate of drug-likeness (QED) is 0.835. The van der Waals surface area contributed by atoms with Gasteiger partial charge in [0.25, 0.3) is 0 Å². The summed E-state index contributed by atoms with van der Waals surface area (Å²) in [6, 6.07) is 1.64. The largest absolute Gasteiger partial charge is 0.337 e. The van der Waals surface area contributed by atoms with Crippen molar-refractivity contribution in [3.05, 3.63) is 27.7 Å². The number of H-pyrrole nitrogens is 1. The molecule has 0 bridgehead atoms. The number of nitrogens with zero attached hydrogens (tertiary/aromatic N) is 1. The highest BCUT2D eigenvalue weighted by atomic mass is 16.5. The van der Waals surface area contributed by atoms with Crippen LogP contribution in [0.1, 0.15) is 31.7 Å². The number of aryl methyl sites for hydroxylation is 2. The molecule has 15 heavy (non-hydrogen) atoms. The van der Waals surface area contributed by atoms with Gasteiger partial charge in [0, 0.05) is 11.8 Å². The van der Waals surface area contributed by atoms with Crippen molar-refractivity contribution in [1.82, 2.24) is 10.1 Å². The van der Waals surface area contributed by atoms with Crippen molar-refractivity contribution < 1.29 is 4.52 Å². The molecule has 80 valence electrons. The fourth-order valence-electron chi connectivity index (χ4n) is 1.72. The Morgan fingerprint density at radius 2 is 2.27 bits per heavy atom. The van der Waals surface area contributed by atoms with Crippen LogP contribution in [0, 0.1) is 0 Å². The minimum absolute atomic E-state index is 0.00491. The van der Waals surface area contributed by atoms with Crippen molar-refractivity contribution in [3.8, 4) is 0 Å². The molecule has 1 N–H and O–H groups in total. The molecular formula is C11H14N2O2. The molecule has 0 aromatic carbocycles. The molecule has 0 radical (unpaired) electrons. The van der Waals surface area contributed by atoms with Crippen LogP contribution in [0.2, 0.25) is 0 Å². The van der Waals surface area contributed by atoms with Gasteiger partial charge in [-0.25, -0.2) is 0 Å². The van der Waals surface area contributed by atoms with Crippen LogP contribution in [0.3, 0.4) is 0 Å². The topological polar surface area (TPSA) is 58.9 Å². The van der Waals surface area contributed by atoms with Crippen LogP contribution in [-0.2, 0) is 12.8 Å². The zero-order chi connectivity index (χ0) is 10.8. The third-order valence-electron chi connectivity index (χ3n) is 2.44. The predicted octanol–water partition coefficient (Wildman–Crippen LogP) is 2.03. The van der Waals surface area contributed by atoms with Gasteiger partial charge in [0.05, 0.1) is 5.69 Å². The molecule has 2 aromatic heterocycles. The Bertz CT molecular complexity index is 525. The Kier molecular flexibility index (Phi) is 2.58. The van der Waals surface area contributed by atoms with Gasteiger partial charge in [0.1, 0.15) is 5.39 Å². The van der Waals surface area contributed by atoms with Gasteiger partial charge < -0.3 is 9.51 Å². The summed E-state index contributed by atoms with van der Waals surface area (Å²) in [7, 11) is 0. The number of aromatic nitrogens is 2. The Balaban J connectivity index is 2.64. The van der Waals surface area contributed by atoms with Crippen molar-refractivity contribution in [2.45, 2.75) is 33.1 Å². The van der Waals surface area contributed by atoms with Crippen LogP contribution in [0.25, 0.3) is 11.1 Å². The van der Waals surface area contributed by atoms with Crippen LogP contribution in [0.15, 0.2) is 15.4 Å². The Labute approximate surface area is 87.3 Å². The van der Waals surface area contributed by atoms with Crippen LogP contribution in [0.5, 0.6) is 0 Å². The van der Waals surface area contributed by atoms with Crippen LogP contribution in [0.4, 0.5) is 0 Å². The third-order valence-corrected chi connectivity index (χ3v) is 2.44. The van der Waals surface area contributed by atoms with Gasteiger partial charge in [-0.3, -0.25) is 4.79 Å². The molecule has 2 heterocycles. The average molecular weight is 206 g/mol. The highest BCUT2D eigenvalue weighted by molar-refractivity contribution is 5.75. The number of rotatable bonds is 3. The molecule has 0 atom stereocenters. The summed E-state index contributed by atoms with van der Waals surface area (Å²) in [6.07, 6.45) is 2.56. The normalized spacial score (nSPS) is 11.1. The van der Waals surface area contributed by atoms with Crippen molar-refractivity contribution in [2.24, 2.45) is 0 Å². The first-order chi connectivity index (χ1) is 7.26. The number of nitrogens with one attached hydrogen (secondary N) is 1. The van der Waals surface area contributed by atoms with Crippen molar-refractivity contribution in [2.75, 3.05) is 0 Å². The molecule has 0 spiro atoms. The summed E-state index contributed by atoms with van der Waals surface area (Å²) < 4.78 is 5.10. The Morgan fingerprint density at radius 1 is 1.47 bits per heavy atom. The van der Waals surface area contributed by atoms with E-state index in [9.17, 15) is 4.79 Å². The summed E-state index contributed by atoms with van der Waals surface area (Å²) in [4.78, 5) is 14.9. The van der Waals surface area contributed by atoms with Gasteiger partial charge in [0.15, 0.2) is 5.43 Å². The van der Waals surface area contributed by atoms with Crippen molar-refractivity contribution >= 4 is 11.1 Å². The maximum absolute atomic E-state index is 11.8. The standard InChI is InChI=1S/C11H14N2O2/c1-3-5-7-6-9(14)10-8(4-2)13-15-11(10)12-7/h6H,3-5H2,1-2H3,(H,12,14). The summed E-state index contributed by atoms with van der Waals surface area (Å²) in [6.45, 7) is 4.02. The first-order valence-corrected chi connectivity index (χ1v) is 5.26. The number of hydrogen-bond donors (Lipinski definition) is 1. The van der Waals surface area contributed by atoms with E-state index in [1.807, 2.05) is 6.92 Å². The molecule has 0 aliphatic heterocycles. The first-order valence-electron chi connectivity index (χ1n) is 5.26. The molecular weight excluding hydrogens is 192 g/mol. The fourth-order valence-corrected chi connectivity index (χ4v) is 1.72. The number of hydrogen-bond acceptors (Lipinski definition) is 3.